The molecule has 0 aliphatic carbocycles. The molecule has 1 aliphatic rings. The SMILES string of the molecule is Nc1c(C(=O)N2CCN(C(=O)c3ccco3)CC2)sc2nc(-c3ccccc3)ccc12. The van der Waals surface area contributed by atoms with Crippen molar-refractivity contribution in [3.63, 3.8) is 0 Å². The molecule has 2 amide bonds. The van der Waals surface area contributed by atoms with E-state index in [1.807, 2.05) is 42.5 Å². The number of hydrogen-bond acceptors (Lipinski definition) is 6. The van der Waals surface area contributed by atoms with Crippen molar-refractivity contribution in [1.82, 2.24) is 14.8 Å². The first-order valence-corrected chi connectivity index (χ1v) is 10.8. The van der Waals surface area contributed by atoms with E-state index in [9.17, 15) is 9.59 Å². The fraction of sp³-hybridized carbons (Fsp3) is 0.174. The van der Waals surface area contributed by atoms with Crippen LogP contribution >= 0.6 is 11.3 Å². The van der Waals surface area contributed by atoms with Crippen molar-refractivity contribution in [2.45, 2.75) is 0 Å². The van der Waals surface area contributed by atoms with Crippen molar-refractivity contribution in [2.24, 2.45) is 0 Å². The number of aromatic nitrogens is 1. The largest absolute Gasteiger partial charge is 0.459 e. The molecule has 156 valence electrons. The van der Waals surface area contributed by atoms with Gasteiger partial charge in [0.2, 0.25) is 0 Å². The fourth-order valence-electron chi connectivity index (χ4n) is 3.74. The number of amides is 2. The summed E-state index contributed by atoms with van der Waals surface area (Å²) in [5.41, 5.74) is 8.65. The van der Waals surface area contributed by atoms with Crippen LogP contribution < -0.4 is 5.73 Å². The molecular weight excluding hydrogens is 412 g/mol. The Hall–Kier alpha value is -3.65. The lowest BCUT2D eigenvalue weighted by molar-refractivity contribution is 0.0521. The topological polar surface area (TPSA) is 92.7 Å². The number of nitrogens with zero attached hydrogens (tertiary/aromatic N) is 3. The number of nitrogen functional groups attached to an aromatic ring is 1. The lowest BCUT2D eigenvalue weighted by atomic mass is 10.1. The highest BCUT2D eigenvalue weighted by atomic mass is 32.1. The van der Waals surface area contributed by atoms with Gasteiger partial charge in [-0.15, -0.1) is 11.3 Å². The minimum Gasteiger partial charge on any atom is -0.459 e. The van der Waals surface area contributed by atoms with Gasteiger partial charge in [-0.05, 0) is 24.3 Å². The second-order valence-electron chi connectivity index (χ2n) is 7.32. The molecule has 4 heterocycles. The van der Waals surface area contributed by atoms with E-state index in [0.29, 0.717) is 42.5 Å². The number of benzene rings is 1. The summed E-state index contributed by atoms with van der Waals surface area (Å²) in [4.78, 5) is 35.0. The predicted molar refractivity (Wildman–Crippen MR) is 120 cm³/mol. The number of furan rings is 1. The molecule has 1 fully saturated rings. The number of rotatable bonds is 3. The number of carbonyl (C=O) groups is 2. The number of hydrogen-bond donors (Lipinski definition) is 1. The number of carbonyl (C=O) groups excluding carboxylic acids is 2. The van der Waals surface area contributed by atoms with Crippen molar-refractivity contribution in [1.29, 1.82) is 0 Å². The smallest absolute Gasteiger partial charge is 0.289 e. The van der Waals surface area contributed by atoms with Crippen LogP contribution in [0.4, 0.5) is 5.69 Å². The quantitative estimate of drug-likeness (QED) is 0.532. The number of piperazine rings is 1. The minimum atomic E-state index is -0.156. The van der Waals surface area contributed by atoms with Crippen LogP contribution in [0.2, 0.25) is 0 Å². The summed E-state index contributed by atoms with van der Waals surface area (Å²) >= 11 is 1.32. The van der Waals surface area contributed by atoms with Crippen LogP contribution in [0.15, 0.2) is 65.3 Å². The first kappa shape index (κ1) is 19.3. The van der Waals surface area contributed by atoms with Crippen molar-refractivity contribution in [3.05, 3.63) is 71.5 Å². The first-order chi connectivity index (χ1) is 15.1. The maximum Gasteiger partial charge on any atom is 0.289 e. The van der Waals surface area contributed by atoms with Gasteiger partial charge >= 0.3 is 0 Å². The molecule has 0 unspecified atom stereocenters. The first-order valence-electron chi connectivity index (χ1n) is 9.98. The van der Waals surface area contributed by atoms with E-state index in [-0.39, 0.29) is 11.8 Å². The van der Waals surface area contributed by atoms with Crippen LogP contribution in [-0.2, 0) is 0 Å². The lowest BCUT2D eigenvalue weighted by Gasteiger charge is -2.34. The third-order valence-electron chi connectivity index (χ3n) is 5.44. The van der Waals surface area contributed by atoms with Gasteiger partial charge in [0.05, 0.1) is 17.6 Å². The van der Waals surface area contributed by atoms with E-state index >= 15 is 0 Å². The second-order valence-corrected chi connectivity index (χ2v) is 8.32. The third-order valence-corrected chi connectivity index (χ3v) is 6.55. The zero-order chi connectivity index (χ0) is 21.4. The van der Waals surface area contributed by atoms with Gasteiger partial charge in [0.25, 0.3) is 11.8 Å². The Morgan fingerprint density at radius 2 is 1.61 bits per heavy atom. The maximum absolute atomic E-state index is 13.2. The van der Waals surface area contributed by atoms with Gasteiger partial charge in [-0.2, -0.15) is 0 Å². The van der Waals surface area contributed by atoms with Gasteiger partial charge < -0.3 is 20.0 Å². The highest BCUT2D eigenvalue weighted by Gasteiger charge is 2.29. The number of fused-ring (bicyclic) bond motifs is 1. The average Bonchev–Trinajstić information content (AvgIpc) is 3.47. The van der Waals surface area contributed by atoms with Gasteiger partial charge in [-0.3, -0.25) is 9.59 Å². The van der Waals surface area contributed by atoms with Crippen LogP contribution in [0.5, 0.6) is 0 Å². The summed E-state index contributed by atoms with van der Waals surface area (Å²) in [6.07, 6.45) is 1.48. The standard InChI is InChI=1S/C23H20N4O3S/c24-19-16-8-9-17(15-5-2-1-3-6-15)25-21(16)31-20(19)23(29)27-12-10-26(11-13-27)22(28)18-7-4-14-30-18/h1-9,14H,10-13,24H2. The average molecular weight is 433 g/mol. The molecule has 31 heavy (non-hydrogen) atoms. The van der Waals surface area contributed by atoms with Crippen LogP contribution in [-0.4, -0.2) is 52.8 Å². The molecule has 3 aromatic heterocycles. The van der Waals surface area contributed by atoms with Crippen LogP contribution in [0, 0.1) is 0 Å². The molecule has 0 radical (unpaired) electrons. The molecule has 1 aromatic carbocycles. The Balaban J connectivity index is 1.34. The van der Waals surface area contributed by atoms with Crippen molar-refractivity contribution < 1.29 is 14.0 Å². The van der Waals surface area contributed by atoms with E-state index in [4.69, 9.17) is 15.1 Å². The molecule has 4 aromatic rings. The summed E-state index contributed by atoms with van der Waals surface area (Å²) in [5.74, 6) is 0.0387. The Labute approximate surface area is 182 Å². The predicted octanol–water partition coefficient (Wildman–Crippen LogP) is 3.74. The summed E-state index contributed by atoms with van der Waals surface area (Å²) in [7, 11) is 0. The Kier molecular flexibility index (Phi) is 4.91. The molecule has 8 heteroatoms. The van der Waals surface area contributed by atoms with Gasteiger partial charge in [-0.1, -0.05) is 30.3 Å². The number of anilines is 1. The molecule has 5 rings (SSSR count). The van der Waals surface area contributed by atoms with Gasteiger partial charge in [0.1, 0.15) is 9.71 Å². The molecule has 0 bridgehead atoms. The molecule has 0 spiro atoms. The van der Waals surface area contributed by atoms with Crippen molar-refractivity contribution in [2.75, 3.05) is 31.9 Å². The monoisotopic (exact) mass is 432 g/mol. The van der Waals surface area contributed by atoms with Crippen LogP contribution in [0.3, 0.4) is 0 Å². The molecule has 1 saturated heterocycles. The van der Waals surface area contributed by atoms with Gasteiger partial charge in [-0.25, -0.2) is 4.98 Å². The second kappa shape index (κ2) is 7.88. The van der Waals surface area contributed by atoms with Crippen molar-refractivity contribution >= 4 is 39.1 Å². The molecule has 2 N–H and O–H groups in total. The Bertz CT molecular complexity index is 1240. The third kappa shape index (κ3) is 3.55. The summed E-state index contributed by atoms with van der Waals surface area (Å²) in [6, 6.07) is 17.1. The zero-order valence-electron chi connectivity index (χ0n) is 16.7. The zero-order valence-corrected chi connectivity index (χ0v) is 17.5. The molecular formula is C23H20N4O3S. The van der Waals surface area contributed by atoms with Crippen LogP contribution in [0.25, 0.3) is 21.5 Å². The molecule has 1 aliphatic heterocycles. The number of thiophene rings is 1. The van der Waals surface area contributed by atoms with E-state index in [2.05, 4.69) is 0 Å². The van der Waals surface area contributed by atoms with Gasteiger partial charge in [0, 0.05) is 37.1 Å². The van der Waals surface area contributed by atoms with E-state index in [1.165, 1.54) is 17.6 Å². The van der Waals surface area contributed by atoms with Gasteiger partial charge in [0.15, 0.2) is 5.76 Å². The maximum atomic E-state index is 13.2. The normalized spacial score (nSPS) is 14.2. The molecule has 0 saturated carbocycles. The summed E-state index contributed by atoms with van der Waals surface area (Å²) in [5, 5.41) is 0.791. The fourth-order valence-corrected chi connectivity index (χ4v) is 4.80. The minimum absolute atomic E-state index is 0.119. The Morgan fingerprint density at radius 1 is 0.903 bits per heavy atom. The van der Waals surface area contributed by atoms with E-state index < -0.39 is 0 Å². The number of pyridine rings is 1. The molecule has 0 atom stereocenters. The van der Waals surface area contributed by atoms with Crippen molar-refractivity contribution in [3.8, 4) is 11.3 Å². The highest BCUT2D eigenvalue weighted by Crippen LogP contribution is 2.35. The summed E-state index contributed by atoms with van der Waals surface area (Å²) in [6.45, 7) is 1.79. The highest BCUT2D eigenvalue weighted by molar-refractivity contribution is 7.21. The number of nitrogens with two attached hydrogens (primary N) is 1. The molecule has 7 nitrogen and oxygen atoms in total. The Morgan fingerprint density at radius 3 is 2.29 bits per heavy atom. The lowest BCUT2D eigenvalue weighted by Crippen LogP contribution is -2.50. The summed E-state index contributed by atoms with van der Waals surface area (Å²) < 4.78 is 5.19. The van der Waals surface area contributed by atoms with Crippen LogP contribution in [0.1, 0.15) is 20.2 Å². The van der Waals surface area contributed by atoms with E-state index in [1.54, 1.807) is 21.9 Å². The van der Waals surface area contributed by atoms with E-state index in [0.717, 1.165) is 21.5 Å².